The Balaban J connectivity index is 1.49. The normalized spacial score (nSPS) is 13.1. The zero-order valence-corrected chi connectivity index (χ0v) is 22.2. The van der Waals surface area contributed by atoms with Gasteiger partial charge in [-0.1, -0.05) is 100 Å². The summed E-state index contributed by atoms with van der Waals surface area (Å²) in [4.78, 5) is 0. The van der Waals surface area contributed by atoms with Crippen molar-refractivity contribution in [2.24, 2.45) is 0 Å². The highest BCUT2D eigenvalue weighted by atomic mass is 14.2. The van der Waals surface area contributed by atoms with E-state index in [9.17, 15) is 0 Å². The minimum absolute atomic E-state index is 0.606. The molecule has 0 aliphatic heterocycles. The highest BCUT2D eigenvalue weighted by molar-refractivity contribution is 5.53. The molecule has 1 saturated carbocycles. The largest absolute Gasteiger partial charge is 0.0654 e. The molecule has 0 heteroatoms. The van der Waals surface area contributed by atoms with Crippen LogP contribution < -0.4 is 0 Å². The molecule has 0 amide bonds. The Morgan fingerprint density at radius 3 is 1.81 bits per heavy atom. The van der Waals surface area contributed by atoms with Gasteiger partial charge in [0, 0.05) is 22.3 Å². The number of benzene rings is 3. The first-order chi connectivity index (χ1) is 17.7. The van der Waals surface area contributed by atoms with Crippen molar-refractivity contribution in [2.45, 2.75) is 90.4 Å². The number of aryl methyl sites for hydroxylation is 2. The van der Waals surface area contributed by atoms with Crippen LogP contribution in [0.3, 0.4) is 0 Å². The van der Waals surface area contributed by atoms with E-state index in [1.807, 2.05) is 0 Å². The van der Waals surface area contributed by atoms with Crippen LogP contribution in [0, 0.1) is 23.7 Å². The van der Waals surface area contributed by atoms with Gasteiger partial charge in [0.05, 0.1) is 0 Å². The van der Waals surface area contributed by atoms with Gasteiger partial charge in [-0.25, -0.2) is 0 Å². The van der Waals surface area contributed by atoms with Crippen molar-refractivity contribution in [1.82, 2.24) is 0 Å². The zero-order valence-electron chi connectivity index (χ0n) is 22.2. The molecule has 36 heavy (non-hydrogen) atoms. The Morgan fingerprint density at radius 1 is 0.583 bits per heavy atom. The van der Waals surface area contributed by atoms with Gasteiger partial charge in [0.1, 0.15) is 0 Å². The van der Waals surface area contributed by atoms with Crippen LogP contribution in [-0.2, 0) is 12.8 Å². The minimum Gasteiger partial charge on any atom is -0.0654 e. The van der Waals surface area contributed by atoms with Gasteiger partial charge in [-0.15, -0.1) is 0 Å². The summed E-state index contributed by atoms with van der Waals surface area (Å²) in [5.41, 5.74) is 8.63. The first-order valence-electron chi connectivity index (χ1n) is 14.1. The monoisotopic (exact) mass is 472 g/mol. The van der Waals surface area contributed by atoms with E-state index in [2.05, 4.69) is 104 Å². The van der Waals surface area contributed by atoms with Gasteiger partial charge in [-0.3, -0.25) is 0 Å². The quantitative estimate of drug-likeness (QED) is 0.226. The van der Waals surface area contributed by atoms with Crippen molar-refractivity contribution in [2.75, 3.05) is 0 Å². The van der Waals surface area contributed by atoms with Crippen molar-refractivity contribution >= 4 is 0 Å². The fourth-order valence-electron chi connectivity index (χ4n) is 5.17. The maximum absolute atomic E-state index is 3.49. The summed E-state index contributed by atoms with van der Waals surface area (Å²) in [6, 6.07) is 24.2. The molecule has 0 radical (unpaired) electrons. The molecule has 184 valence electrons. The summed E-state index contributed by atoms with van der Waals surface area (Å²) in [5.74, 6) is 14.3. The summed E-state index contributed by atoms with van der Waals surface area (Å²) in [5, 5.41) is 0. The van der Waals surface area contributed by atoms with E-state index in [1.165, 1.54) is 80.9 Å². The lowest BCUT2D eigenvalue weighted by atomic mass is 9.91. The highest BCUT2D eigenvalue weighted by Crippen LogP contribution is 2.36. The van der Waals surface area contributed by atoms with E-state index in [0.717, 1.165) is 28.7 Å². The molecule has 1 aliphatic carbocycles. The predicted octanol–water partition coefficient (Wildman–Crippen LogP) is 9.22. The lowest BCUT2D eigenvalue weighted by Crippen LogP contribution is -1.97. The molecular weight excluding hydrogens is 432 g/mol. The van der Waals surface area contributed by atoms with Crippen LogP contribution >= 0.6 is 0 Å². The molecule has 0 saturated heterocycles. The third kappa shape index (κ3) is 7.64. The van der Waals surface area contributed by atoms with E-state index in [4.69, 9.17) is 0 Å². The van der Waals surface area contributed by atoms with E-state index < -0.39 is 0 Å². The lowest BCUT2D eigenvalue weighted by Gasteiger charge is -2.12. The van der Waals surface area contributed by atoms with Gasteiger partial charge in [-0.2, -0.15) is 0 Å². The van der Waals surface area contributed by atoms with Gasteiger partial charge in [0.25, 0.3) is 0 Å². The van der Waals surface area contributed by atoms with Crippen LogP contribution in [-0.4, -0.2) is 0 Å². The first-order valence-corrected chi connectivity index (χ1v) is 14.1. The summed E-state index contributed by atoms with van der Waals surface area (Å²) in [6.07, 6.45) is 13.9. The molecule has 3 aromatic carbocycles. The maximum atomic E-state index is 3.49. The number of unbranched alkanes of at least 4 members (excludes halogenated alkanes) is 3. The first kappa shape index (κ1) is 25.9. The second-order valence-electron chi connectivity index (χ2n) is 10.2. The fourth-order valence-corrected chi connectivity index (χ4v) is 5.17. The lowest BCUT2D eigenvalue weighted by molar-refractivity contribution is 0.667. The van der Waals surface area contributed by atoms with Crippen LogP contribution in [0.2, 0.25) is 0 Å². The molecule has 0 nitrogen and oxygen atoms in total. The molecule has 1 fully saturated rings. The van der Waals surface area contributed by atoms with Gasteiger partial charge in [-0.05, 0) is 97.2 Å². The number of hydrogen-bond donors (Lipinski definition) is 0. The summed E-state index contributed by atoms with van der Waals surface area (Å²) < 4.78 is 0. The molecule has 3 aromatic rings. The topological polar surface area (TPSA) is 0 Å². The highest BCUT2D eigenvalue weighted by Gasteiger charge is 2.19. The molecule has 0 bridgehead atoms. The Morgan fingerprint density at radius 2 is 1.17 bits per heavy atom. The Bertz CT molecular complexity index is 1210. The van der Waals surface area contributed by atoms with Gasteiger partial charge >= 0.3 is 0 Å². The molecule has 0 spiro atoms. The zero-order chi connectivity index (χ0) is 25.0. The smallest absolute Gasteiger partial charge is 0.0284 e. The van der Waals surface area contributed by atoms with Crippen molar-refractivity contribution in [1.29, 1.82) is 0 Å². The van der Waals surface area contributed by atoms with Gasteiger partial charge < -0.3 is 0 Å². The van der Waals surface area contributed by atoms with Crippen molar-refractivity contribution < 1.29 is 0 Å². The SMILES string of the molecule is CCCCCCc1ccc(C#Cc2ccc(C#Cc3ccc(CCC)cc3)c(C3CCCC3)c2)cc1. The summed E-state index contributed by atoms with van der Waals surface area (Å²) >= 11 is 0. The van der Waals surface area contributed by atoms with Crippen LogP contribution in [0.1, 0.15) is 116 Å². The minimum atomic E-state index is 0.606. The van der Waals surface area contributed by atoms with Crippen molar-refractivity contribution in [3.05, 3.63) is 106 Å². The van der Waals surface area contributed by atoms with E-state index in [1.54, 1.807) is 0 Å². The molecule has 0 N–H and O–H groups in total. The Kier molecular flexibility index (Phi) is 9.88. The molecular formula is C36H40. The molecule has 0 unspecified atom stereocenters. The molecule has 0 atom stereocenters. The Labute approximate surface area is 219 Å². The van der Waals surface area contributed by atoms with Crippen molar-refractivity contribution in [3.63, 3.8) is 0 Å². The number of rotatable bonds is 8. The molecule has 0 aromatic heterocycles. The van der Waals surface area contributed by atoms with Crippen molar-refractivity contribution in [3.8, 4) is 23.7 Å². The van der Waals surface area contributed by atoms with Gasteiger partial charge in [0.2, 0.25) is 0 Å². The second kappa shape index (κ2) is 13.8. The average molecular weight is 473 g/mol. The fraction of sp³-hybridized carbons (Fsp3) is 0.389. The van der Waals surface area contributed by atoms with Crippen LogP contribution in [0.15, 0.2) is 66.7 Å². The summed E-state index contributed by atoms with van der Waals surface area (Å²) in [6.45, 7) is 4.48. The predicted molar refractivity (Wildman–Crippen MR) is 154 cm³/mol. The molecule has 0 heterocycles. The molecule has 1 aliphatic rings. The Hall–Kier alpha value is -3.22. The third-order valence-corrected chi connectivity index (χ3v) is 7.30. The van der Waals surface area contributed by atoms with Crippen LogP contribution in [0.25, 0.3) is 0 Å². The van der Waals surface area contributed by atoms with Crippen LogP contribution in [0.5, 0.6) is 0 Å². The van der Waals surface area contributed by atoms with E-state index in [0.29, 0.717) is 5.92 Å². The van der Waals surface area contributed by atoms with Crippen LogP contribution in [0.4, 0.5) is 0 Å². The van der Waals surface area contributed by atoms with E-state index in [-0.39, 0.29) is 0 Å². The summed E-state index contributed by atoms with van der Waals surface area (Å²) in [7, 11) is 0. The van der Waals surface area contributed by atoms with E-state index >= 15 is 0 Å². The van der Waals surface area contributed by atoms with Gasteiger partial charge in [0.15, 0.2) is 0 Å². The third-order valence-electron chi connectivity index (χ3n) is 7.30. The second-order valence-corrected chi connectivity index (χ2v) is 10.2. The maximum Gasteiger partial charge on any atom is 0.0284 e. The number of hydrogen-bond acceptors (Lipinski definition) is 0. The molecule has 4 rings (SSSR count). The average Bonchev–Trinajstić information content (AvgIpc) is 3.46. The standard InChI is InChI=1S/C36H40/c1-3-5-6-7-11-30-16-20-31(21-17-30)22-23-33-25-27-35(36(28-33)34-12-8-9-13-34)26-24-32-18-14-29(10-4-2)15-19-32/h14-21,25,27-28,34H,3-13H2,1-2H3.